The Morgan fingerprint density at radius 1 is 0.880 bits per heavy atom. The zero-order chi connectivity index (χ0) is 15.5. The predicted octanol–water partition coefficient (Wildman–Crippen LogP) is 4.19. The van der Waals surface area contributed by atoms with Crippen LogP contribution in [0, 0.1) is 0 Å². The van der Waals surface area contributed by atoms with E-state index in [4.69, 9.17) is 0 Å². The smallest absolute Gasteiger partial charge is 0.0696 e. The molecule has 0 spiro atoms. The summed E-state index contributed by atoms with van der Waals surface area (Å²) in [6.45, 7) is 6.85. The zero-order valence-corrected chi connectivity index (χ0v) is 16.8. The summed E-state index contributed by atoms with van der Waals surface area (Å²) in [7, 11) is 0. The van der Waals surface area contributed by atoms with Crippen LogP contribution in [0.2, 0.25) is 0 Å². The van der Waals surface area contributed by atoms with Crippen LogP contribution < -0.4 is 10.2 Å². The lowest BCUT2D eigenvalue weighted by Gasteiger charge is -2.35. The molecule has 0 bridgehead atoms. The minimum Gasteiger partial charge on any atom is -0.372 e. The summed E-state index contributed by atoms with van der Waals surface area (Å²) in [5.41, 5.74) is 2.81. The van der Waals surface area contributed by atoms with E-state index in [2.05, 4.69) is 56.9 Å². The molecule has 2 aliphatic rings. The van der Waals surface area contributed by atoms with Crippen LogP contribution >= 0.6 is 36.2 Å². The molecule has 6 heteroatoms. The standard InChI is InChI=1S/C19H25N3S.2ClH/c1-2-12-21(11-1)17-7-5-16(6-8-17)19(18-4-3-15-23-18)22-13-9-20-10-14-22;;/h3-8,15,19-20H,1-2,9-14H2;2*1H/t19-;;/m1../s1. The first kappa shape index (κ1) is 20.5. The van der Waals surface area contributed by atoms with Gasteiger partial charge in [-0.15, -0.1) is 36.2 Å². The molecule has 25 heavy (non-hydrogen) atoms. The molecule has 3 nitrogen and oxygen atoms in total. The molecule has 0 unspecified atom stereocenters. The van der Waals surface area contributed by atoms with Gasteiger partial charge in [-0.2, -0.15) is 0 Å². The van der Waals surface area contributed by atoms with Crippen molar-refractivity contribution < 1.29 is 0 Å². The number of hydrogen-bond donors (Lipinski definition) is 1. The molecule has 2 saturated heterocycles. The molecular formula is C19H27Cl2N3S. The minimum absolute atomic E-state index is 0. The summed E-state index contributed by atoms with van der Waals surface area (Å²) in [5, 5.41) is 5.67. The predicted molar refractivity (Wildman–Crippen MR) is 113 cm³/mol. The number of piperazine rings is 1. The van der Waals surface area contributed by atoms with E-state index in [1.807, 2.05) is 11.3 Å². The van der Waals surface area contributed by atoms with E-state index < -0.39 is 0 Å². The van der Waals surface area contributed by atoms with Crippen molar-refractivity contribution in [3.63, 3.8) is 0 Å². The largest absolute Gasteiger partial charge is 0.372 e. The molecular weight excluding hydrogens is 373 g/mol. The number of thiophene rings is 1. The first-order valence-corrected chi connectivity index (χ1v) is 9.63. The average molecular weight is 400 g/mol. The molecule has 0 amide bonds. The van der Waals surface area contributed by atoms with Gasteiger partial charge in [0.1, 0.15) is 0 Å². The number of anilines is 1. The van der Waals surface area contributed by atoms with Gasteiger partial charge in [-0.3, -0.25) is 4.90 Å². The molecule has 1 aromatic carbocycles. The number of rotatable bonds is 4. The van der Waals surface area contributed by atoms with Crippen LogP contribution in [-0.4, -0.2) is 44.2 Å². The van der Waals surface area contributed by atoms with Crippen LogP contribution in [0.25, 0.3) is 0 Å². The molecule has 4 rings (SSSR count). The second kappa shape index (κ2) is 9.79. The lowest BCUT2D eigenvalue weighted by molar-refractivity contribution is 0.200. The van der Waals surface area contributed by atoms with Gasteiger partial charge in [0.05, 0.1) is 6.04 Å². The summed E-state index contributed by atoms with van der Waals surface area (Å²) in [6, 6.07) is 14.2. The van der Waals surface area contributed by atoms with Crippen molar-refractivity contribution in [3.8, 4) is 0 Å². The Kier molecular flexibility index (Phi) is 8.04. The Morgan fingerprint density at radius 3 is 2.16 bits per heavy atom. The Labute approximate surface area is 167 Å². The fourth-order valence-electron chi connectivity index (χ4n) is 3.78. The van der Waals surface area contributed by atoms with E-state index in [1.165, 1.54) is 42.1 Å². The molecule has 2 aromatic rings. The zero-order valence-electron chi connectivity index (χ0n) is 14.4. The monoisotopic (exact) mass is 399 g/mol. The Hall–Kier alpha value is -0.780. The summed E-state index contributed by atoms with van der Waals surface area (Å²) >= 11 is 1.88. The Bertz CT molecular complexity index is 606. The molecule has 3 heterocycles. The lowest BCUT2D eigenvalue weighted by atomic mass is 10.0. The van der Waals surface area contributed by atoms with Gasteiger partial charge < -0.3 is 10.2 Å². The first-order chi connectivity index (χ1) is 11.4. The summed E-state index contributed by atoms with van der Waals surface area (Å²) in [4.78, 5) is 6.59. The topological polar surface area (TPSA) is 18.5 Å². The van der Waals surface area contributed by atoms with Gasteiger partial charge in [0.15, 0.2) is 0 Å². The highest BCUT2D eigenvalue weighted by atomic mass is 35.5. The molecule has 2 fully saturated rings. The Morgan fingerprint density at radius 2 is 1.56 bits per heavy atom. The third-order valence-electron chi connectivity index (χ3n) is 5.01. The third kappa shape index (κ3) is 4.69. The van der Waals surface area contributed by atoms with Crippen molar-refractivity contribution in [1.82, 2.24) is 10.2 Å². The number of nitrogens with one attached hydrogen (secondary N) is 1. The lowest BCUT2D eigenvalue weighted by Crippen LogP contribution is -2.45. The quantitative estimate of drug-likeness (QED) is 0.831. The fraction of sp³-hybridized carbons (Fsp3) is 0.474. The third-order valence-corrected chi connectivity index (χ3v) is 5.93. The van der Waals surface area contributed by atoms with Crippen LogP contribution in [0.4, 0.5) is 5.69 Å². The summed E-state index contributed by atoms with van der Waals surface area (Å²) < 4.78 is 0. The molecule has 1 aromatic heterocycles. The number of hydrogen-bond acceptors (Lipinski definition) is 4. The highest BCUT2D eigenvalue weighted by Crippen LogP contribution is 2.33. The first-order valence-electron chi connectivity index (χ1n) is 8.75. The molecule has 1 N–H and O–H groups in total. The van der Waals surface area contributed by atoms with Crippen molar-refractivity contribution in [2.45, 2.75) is 18.9 Å². The number of nitrogens with zero attached hydrogens (tertiary/aromatic N) is 2. The molecule has 1 atom stereocenters. The molecule has 0 aliphatic carbocycles. The Balaban J connectivity index is 0.00000113. The van der Waals surface area contributed by atoms with E-state index >= 15 is 0 Å². The van der Waals surface area contributed by atoms with Gasteiger partial charge in [0.2, 0.25) is 0 Å². The van der Waals surface area contributed by atoms with Gasteiger partial charge in [0, 0.05) is 49.8 Å². The van der Waals surface area contributed by atoms with E-state index in [0.29, 0.717) is 6.04 Å². The highest BCUT2D eigenvalue weighted by molar-refractivity contribution is 7.10. The van der Waals surface area contributed by atoms with Crippen LogP contribution in [-0.2, 0) is 0 Å². The van der Waals surface area contributed by atoms with Crippen molar-refractivity contribution in [2.24, 2.45) is 0 Å². The molecule has 0 saturated carbocycles. The van der Waals surface area contributed by atoms with Crippen LogP contribution in [0.1, 0.15) is 29.3 Å². The van der Waals surface area contributed by atoms with E-state index in [1.54, 1.807) is 0 Å². The van der Waals surface area contributed by atoms with Gasteiger partial charge in [-0.05, 0) is 42.0 Å². The summed E-state index contributed by atoms with van der Waals surface area (Å²) in [5.74, 6) is 0. The maximum absolute atomic E-state index is 3.47. The van der Waals surface area contributed by atoms with Gasteiger partial charge in [-0.1, -0.05) is 18.2 Å². The maximum atomic E-state index is 3.47. The second-order valence-electron chi connectivity index (χ2n) is 6.49. The maximum Gasteiger partial charge on any atom is 0.0696 e. The summed E-state index contributed by atoms with van der Waals surface area (Å²) in [6.07, 6.45) is 2.67. The van der Waals surface area contributed by atoms with E-state index in [9.17, 15) is 0 Å². The van der Waals surface area contributed by atoms with Crippen LogP contribution in [0.3, 0.4) is 0 Å². The SMILES string of the molecule is Cl.Cl.c1csc([C@@H](c2ccc(N3CCCC3)cc2)N2CCNCC2)c1. The minimum atomic E-state index is 0. The molecule has 138 valence electrons. The van der Waals surface area contributed by atoms with Crippen molar-refractivity contribution in [2.75, 3.05) is 44.2 Å². The fourth-order valence-corrected chi connectivity index (χ4v) is 4.67. The van der Waals surface area contributed by atoms with Gasteiger partial charge in [0.25, 0.3) is 0 Å². The van der Waals surface area contributed by atoms with Crippen molar-refractivity contribution in [1.29, 1.82) is 0 Å². The van der Waals surface area contributed by atoms with E-state index in [0.717, 1.165) is 26.2 Å². The molecule has 0 radical (unpaired) electrons. The van der Waals surface area contributed by atoms with Crippen molar-refractivity contribution in [3.05, 3.63) is 52.2 Å². The van der Waals surface area contributed by atoms with Gasteiger partial charge in [-0.25, -0.2) is 0 Å². The van der Waals surface area contributed by atoms with Crippen LogP contribution in [0.5, 0.6) is 0 Å². The normalized spacial score (nSPS) is 19.1. The highest BCUT2D eigenvalue weighted by Gasteiger charge is 2.24. The van der Waals surface area contributed by atoms with E-state index in [-0.39, 0.29) is 24.8 Å². The number of benzene rings is 1. The van der Waals surface area contributed by atoms with Gasteiger partial charge >= 0.3 is 0 Å². The van der Waals surface area contributed by atoms with Crippen LogP contribution in [0.15, 0.2) is 41.8 Å². The molecule has 2 aliphatic heterocycles. The average Bonchev–Trinajstić information content (AvgIpc) is 3.31. The second-order valence-corrected chi connectivity index (χ2v) is 7.47. The number of halogens is 2. The van der Waals surface area contributed by atoms with Crippen molar-refractivity contribution >= 4 is 41.8 Å².